The highest BCUT2D eigenvalue weighted by Crippen LogP contribution is 2.55. The lowest BCUT2D eigenvalue weighted by Crippen LogP contribution is -2.47. The van der Waals surface area contributed by atoms with E-state index >= 15 is 0 Å². The topological polar surface area (TPSA) is 304 Å². The molecule has 6 heterocycles. The van der Waals surface area contributed by atoms with Crippen LogP contribution in [0.15, 0.2) is 109 Å². The summed E-state index contributed by atoms with van der Waals surface area (Å²) in [5.41, 5.74) is 4.53. The Morgan fingerprint density at radius 1 is 0.491 bits per heavy atom. The number of alkyl carbamates (subject to hydrolysis) is 3. The molecule has 6 atom stereocenters. The molecule has 25 heteroatoms. The summed E-state index contributed by atoms with van der Waals surface area (Å²) in [6, 6.07) is 28.4. The Balaban J connectivity index is 0.000000158. The van der Waals surface area contributed by atoms with Crippen molar-refractivity contribution in [2.24, 2.45) is 23.5 Å². The number of aromatic nitrogens is 3. The highest BCUT2D eigenvalue weighted by atomic mass is 19.1. The molecule has 588 valence electrons. The average molecular weight is 1520 g/mol. The molecule has 4 fully saturated rings. The maximum absolute atomic E-state index is 13.9. The first-order valence-electron chi connectivity index (χ1n) is 37.8. The predicted molar refractivity (Wildman–Crippen MR) is 405 cm³/mol. The van der Waals surface area contributed by atoms with Gasteiger partial charge in [-0.05, 0) is 274 Å². The maximum Gasteiger partial charge on any atom is 0.408 e. The van der Waals surface area contributed by atoms with Gasteiger partial charge in [0.2, 0.25) is 0 Å². The molecule has 7 aliphatic rings. The van der Waals surface area contributed by atoms with Gasteiger partial charge in [0.25, 0.3) is 0 Å². The maximum atomic E-state index is 13.9. The second-order valence-corrected chi connectivity index (χ2v) is 33.7. The average Bonchev–Trinajstić information content (AvgIpc) is 1.58. The number of methoxy groups -OCH3 is 1. The van der Waals surface area contributed by atoms with Crippen LogP contribution in [-0.4, -0.2) is 111 Å². The number of carbonyl (C=O) groups excluding carboxylic acids is 4. The van der Waals surface area contributed by atoms with Crippen molar-refractivity contribution in [1.82, 2.24) is 30.9 Å². The fourth-order valence-electron chi connectivity index (χ4n) is 14.3. The molecule has 3 aliphatic heterocycles. The predicted octanol–water partition coefficient (Wildman–Crippen LogP) is 15.4. The standard InChI is InChI=1S/C36H41FN2O7.C25H31FN2O4.C24H30FN3O4/c1-34(2,3)46-33(41)39-35(4)20-44-32-26(35)19-30(38-31(32)21-6-11-24(37)12-7-21)36(42,23-9-10-23)17-16-27(40)22-8-15-28(29(18-22)43-5)45-25-13-14-25;1-6-25(30,16-9-10-16)19-13-18-21(20(27-19)15-7-11-17(26)12-8-15)31-14-24(18,5)28-22(29)32-23(2,3)4;1-22(2,3)32-21(29)28-23(4)13-31-20-17(23)11-18(24(30,12-26)15-7-8-15)27-19(20)14-5-9-16(25)10-6-14/h6-8,11-12,15,18-19,23,25,42H,9-10,13-14,16-17,20H2,1-5H3,(H,39,41);7-8,11-13,16,30H,6,9-10,14H2,1-5H3,(H,28,29);5-6,9-11,15,30H,7-8,12-13,26H2,1-4H3,(H,28,29)/t35-,36+;24-,25+;23-,24+/m000/s1. The molecule has 0 unspecified atom stereocenters. The van der Waals surface area contributed by atoms with E-state index in [1.807, 2.05) is 33.8 Å². The van der Waals surface area contributed by atoms with Crippen LogP contribution in [-0.2, 0) is 47.6 Å². The van der Waals surface area contributed by atoms with Crippen molar-refractivity contribution in [3.8, 4) is 62.5 Å². The van der Waals surface area contributed by atoms with E-state index in [1.165, 1.54) is 36.4 Å². The summed E-state index contributed by atoms with van der Waals surface area (Å²) < 4.78 is 87.0. The third-order valence-corrected chi connectivity index (χ3v) is 20.9. The van der Waals surface area contributed by atoms with Gasteiger partial charge in [-0.3, -0.25) is 4.79 Å². The van der Waals surface area contributed by atoms with Crippen LogP contribution in [0.25, 0.3) is 33.8 Å². The molecule has 8 N–H and O–H groups in total. The number of rotatable bonds is 21. The number of Topliss-reactive ketones (excluding diaryl/α,β-unsaturated/α-hetero) is 1. The van der Waals surface area contributed by atoms with E-state index in [9.17, 15) is 47.7 Å². The van der Waals surface area contributed by atoms with Crippen LogP contribution in [0, 0.1) is 35.2 Å². The Kier molecular flexibility index (Phi) is 22.0. The third kappa shape index (κ3) is 17.8. The molecule has 0 radical (unpaired) electrons. The van der Waals surface area contributed by atoms with Gasteiger partial charge in [0, 0.05) is 51.9 Å². The zero-order valence-electron chi connectivity index (χ0n) is 65.1. The number of ketones is 1. The summed E-state index contributed by atoms with van der Waals surface area (Å²) in [6.45, 7) is 24.1. The second kappa shape index (κ2) is 30.3. The van der Waals surface area contributed by atoms with Crippen molar-refractivity contribution in [2.45, 2.75) is 217 Å². The normalized spacial score (nSPS) is 21.2. The summed E-state index contributed by atoms with van der Waals surface area (Å²) in [6.07, 6.45) is 6.35. The zero-order valence-corrected chi connectivity index (χ0v) is 65.1. The number of aliphatic hydroxyl groups is 3. The summed E-state index contributed by atoms with van der Waals surface area (Å²) in [7, 11) is 1.54. The molecule has 14 rings (SSSR count). The monoisotopic (exact) mass is 1520 g/mol. The molecule has 0 bridgehead atoms. The zero-order chi connectivity index (χ0) is 79.5. The van der Waals surface area contributed by atoms with Gasteiger partial charge < -0.3 is 74.9 Å². The third-order valence-electron chi connectivity index (χ3n) is 20.9. The molecular formula is C85H102F3N7O15. The van der Waals surface area contributed by atoms with Crippen LogP contribution in [0.3, 0.4) is 0 Å². The highest BCUT2D eigenvalue weighted by molar-refractivity contribution is 5.97. The Bertz CT molecular complexity index is 4440. The molecule has 0 spiro atoms. The van der Waals surface area contributed by atoms with Gasteiger partial charge in [-0.15, -0.1) is 0 Å². The summed E-state index contributed by atoms with van der Waals surface area (Å²) in [5, 5.41) is 44.0. The van der Waals surface area contributed by atoms with Crippen molar-refractivity contribution >= 4 is 24.1 Å². The molecular weight excluding hydrogens is 1420 g/mol. The van der Waals surface area contributed by atoms with Crippen molar-refractivity contribution in [2.75, 3.05) is 33.5 Å². The van der Waals surface area contributed by atoms with Crippen LogP contribution < -0.4 is 45.4 Å². The Morgan fingerprint density at radius 3 is 1.15 bits per heavy atom. The van der Waals surface area contributed by atoms with E-state index in [0.717, 1.165) is 56.9 Å². The quantitative estimate of drug-likeness (QED) is 0.0260. The minimum absolute atomic E-state index is 0.0172. The first-order chi connectivity index (χ1) is 51.7. The molecule has 4 aromatic carbocycles. The largest absolute Gasteiger partial charge is 0.493 e. The highest BCUT2D eigenvalue weighted by Gasteiger charge is 2.53. The first-order valence-corrected chi connectivity index (χ1v) is 37.8. The van der Waals surface area contributed by atoms with E-state index in [2.05, 4.69) is 16.0 Å². The van der Waals surface area contributed by atoms with Gasteiger partial charge in [0.15, 0.2) is 34.5 Å². The van der Waals surface area contributed by atoms with Crippen LogP contribution in [0.2, 0.25) is 0 Å². The van der Waals surface area contributed by atoms with Gasteiger partial charge in [-0.25, -0.2) is 42.5 Å². The molecule has 110 heavy (non-hydrogen) atoms. The van der Waals surface area contributed by atoms with Crippen LogP contribution in [0.4, 0.5) is 27.6 Å². The van der Waals surface area contributed by atoms with Crippen molar-refractivity contribution < 1.29 is 85.6 Å². The number of nitrogens with two attached hydrogens (primary N) is 1. The van der Waals surface area contributed by atoms with Gasteiger partial charge >= 0.3 is 18.3 Å². The SMILES string of the molecule is CC(C)(C)OC(=O)N[C@@]1(C)COc2c1cc([C@@](O)(CN)C1CC1)nc2-c1ccc(F)cc1.CC[C@](O)(c1cc2c(c(-c3ccc(F)cc3)n1)OC[C@]2(C)NC(=O)OC(C)(C)C)C1CC1.COc1cc(C(=O)CC[C@](O)(c2cc3c(c(-c4ccc(F)cc4)n2)OC[C@]3(C)NC(=O)OC(C)(C)C)C2CC2)ccc1OC1CC1. The number of amides is 3. The van der Waals surface area contributed by atoms with Gasteiger partial charge in [0.1, 0.15) is 105 Å². The van der Waals surface area contributed by atoms with Gasteiger partial charge in [0.05, 0.1) is 30.3 Å². The molecule has 0 saturated heterocycles. The molecule has 3 aromatic heterocycles. The van der Waals surface area contributed by atoms with Crippen LogP contribution in [0.5, 0.6) is 28.7 Å². The Hall–Kier alpha value is -9.56. The number of carbonyl (C=O) groups is 4. The number of hydrogen-bond donors (Lipinski definition) is 7. The number of fused-ring (bicyclic) bond motifs is 3. The number of halogens is 3. The van der Waals surface area contributed by atoms with E-state index in [0.29, 0.717) is 103 Å². The lowest BCUT2D eigenvalue weighted by Gasteiger charge is -2.31. The summed E-state index contributed by atoms with van der Waals surface area (Å²) in [4.78, 5) is 66.0. The number of ether oxygens (including phenoxy) is 8. The molecule has 4 saturated carbocycles. The summed E-state index contributed by atoms with van der Waals surface area (Å²) >= 11 is 0. The number of nitrogens with one attached hydrogen (secondary N) is 3. The fourth-order valence-corrected chi connectivity index (χ4v) is 14.3. The van der Waals surface area contributed by atoms with Crippen molar-refractivity contribution in [3.05, 3.63) is 166 Å². The minimum Gasteiger partial charge on any atom is -0.493 e. The van der Waals surface area contributed by atoms with Gasteiger partial charge in [-0.1, -0.05) is 6.92 Å². The van der Waals surface area contributed by atoms with Gasteiger partial charge in [-0.2, -0.15) is 0 Å². The summed E-state index contributed by atoms with van der Waals surface area (Å²) in [5.74, 6) is 1.35. The van der Waals surface area contributed by atoms with E-state index in [1.54, 1.807) is 136 Å². The first kappa shape index (κ1) is 80.0. The van der Waals surface area contributed by atoms with E-state index < -0.39 is 74.3 Å². The smallest absolute Gasteiger partial charge is 0.408 e. The number of benzene rings is 4. The van der Waals surface area contributed by atoms with Crippen LogP contribution >= 0.6 is 0 Å². The second-order valence-electron chi connectivity index (χ2n) is 33.7. The fraction of sp³-hybridized carbons (Fsp3) is 0.494. The number of hydrogen-bond acceptors (Lipinski definition) is 19. The lowest BCUT2D eigenvalue weighted by molar-refractivity contribution is -0.00119. The Labute approximate surface area is 640 Å². The minimum atomic E-state index is -1.44. The van der Waals surface area contributed by atoms with Crippen molar-refractivity contribution in [3.63, 3.8) is 0 Å². The number of nitrogens with zero attached hydrogens (tertiary/aromatic N) is 3. The van der Waals surface area contributed by atoms with E-state index in [4.69, 9.17) is 58.6 Å². The molecule has 3 amide bonds. The Morgan fingerprint density at radius 2 is 0.827 bits per heavy atom. The molecule has 7 aromatic rings. The lowest BCUT2D eigenvalue weighted by atomic mass is 9.83. The van der Waals surface area contributed by atoms with Crippen molar-refractivity contribution in [1.29, 1.82) is 0 Å². The molecule has 4 aliphatic carbocycles. The van der Waals surface area contributed by atoms with E-state index in [-0.39, 0.29) is 80.5 Å². The van der Waals surface area contributed by atoms with Crippen LogP contribution in [0.1, 0.15) is 205 Å². The molecule has 22 nitrogen and oxygen atoms in total. The number of pyridine rings is 3.